The summed E-state index contributed by atoms with van der Waals surface area (Å²) in [6.07, 6.45) is 0.0987. The quantitative estimate of drug-likeness (QED) is 0.640. The highest BCUT2D eigenvalue weighted by atomic mass is 127. The van der Waals surface area contributed by atoms with Gasteiger partial charge in [0, 0.05) is 22.7 Å². The van der Waals surface area contributed by atoms with Crippen LogP contribution in [0, 0.1) is 3.57 Å². The summed E-state index contributed by atoms with van der Waals surface area (Å²) in [6.45, 7) is 0. The van der Waals surface area contributed by atoms with Gasteiger partial charge < -0.3 is 10.1 Å². The van der Waals surface area contributed by atoms with Crippen LogP contribution in [0.5, 0.6) is 5.75 Å². The highest BCUT2D eigenvalue weighted by Gasteiger charge is 2.36. The van der Waals surface area contributed by atoms with E-state index in [1.54, 1.807) is 14.2 Å². The highest BCUT2D eigenvalue weighted by molar-refractivity contribution is 14.1. The van der Waals surface area contributed by atoms with Crippen molar-refractivity contribution in [3.8, 4) is 5.75 Å². The number of ether oxygens (including phenoxy) is 1. The van der Waals surface area contributed by atoms with E-state index in [0.717, 1.165) is 20.7 Å². The van der Waals surface area contributed by atoms with Crippen molar-refractivity contribution in [3.63, 3.8) is 0 Å². The monoisotopic (exact) mass is 495 g/mol. The Balaban J connectivity index is 1.65. The van der Waals surface area contributed by atoms with Gasteiger partial charge in [-0.05, 0) is 71.1 Å². The van der Waals surface area contributed by atoms with Crippen molar-refractivity contribution >= 4 is 62.7 Å². The molecule has 140 valence electrons. The molecule has 1 aliphatic heterocycles. The Hall–Kier alpha value is -2.07. The first-order valence-corrected chi connectivity index (χ1v) is 10.1. The maximum atomic E-state index is 12.5. The number of amides is 2. The number of carbonyl (C=O) groups excluding carboxylic acids is 2. The molecule has 2 amide bonds. The molecule has 0 radical (unpaired) electrons. The van der Waals surface area contributed by atoms with Gasteiger partial charge in [-0.2, -0.15) is 0 Å². The number of benzene rings is 2. The van der Waals surface area contributed by atoms with Gasteiger partial charge in [0.1, 0.15) is 11.0 Å². The van der Waals surface area contributed by atoms with Crippen LogP contribution in [0.25, 0.3) is 0 Å². The van der Waals surface area contributed by atoms with Crippen LogP contribution in [0.15, 0.2) is 53.5 Å². The van der Waals surface area contributed by atoms with Crippen LogP contribution in [-0.2, 0) is 9.59 Å². The first kappa shape index (κ1) is 19.7. The summed E-state index contributed by atoms with van der Waals surface area (Å²) in [5, 5.41) is 2.93. The number of aliphatic imine (C=N–C) groups is 1. The number of carbonyl (C=O) groups is 2. The van der Waals surface area contributed by atoms with Crippen molar-refractivity contribution in [2.45, 2.75) is 11.7 Å². The van der Waals surface area contributed by atoms with Crippen LogP contribution in [0.1, 0.15) is 6.42 Å². The molecule has 27 heavy (non-hydrogen) atoms. The summed E-state index contributed by atoms with van der Waals surface area (Å²) < 4.78 is 6.22. The SMILES string of the molecule is COc1ccc(N=C2S[C@@H](CC(=O)Nc3ccc(I)cc3)C(=O)N2C)cc1. The second kappa shape index (κ2) is 8.75. The Morgan fingerprint density at radius 3 is 2.52 bits per heavy atom. The number of methoxy groups -OCH3 is 1. The van der Waals surface area contributed by atoms with E-state index in [1.165, 1.54) is 16.7 Å². The lowest BCUT2D eigenvalue weighted by molar-refractivity contribution is -0.127. The highest BCUT2D eigenvalue weighted by Crippen LogP contribution is 2.31. The van der Waals surface area contributed by atoms with Gasteiger partial charge in [0.25, 0.3) is 0 Å². The van der Waals surface area contributed by atoms with Crippen LogP contribution in [0.3, 0.4) is 0 Å². The maximum absolute atomic E-state index is 12.5. The molecule has 1 fully saturated rings. The molecular formula is C19H18IN3O3S. The molecule has 0 aliphatic carbocycles. The topological polar surface area (TPSA) is 71.0 Å². The Morgan fingerprint density at radius 1 is 1.22 bits per heavy atom. The van der Waals surface area contributed by atoms with Gasteiger partial charge in [0.15, 0.2) is 5.17 Å². The van der Waals surface area contributed by atoms with Crippen molar-refractivity contribution in [2.75, 3.05) is 19.5 Å². The number of anilines is 1. The predicted molar refractivity (Wildman–Crippen MR) is 117 cm³/mol. The van der Waals surface area contributed by atoms with E-state index in [0.29, 0.717) is 5.17 Å². The smallest absolute Gasteiger partial charge is 0.242 e. The molecule has 0 bridgehead atoms. The van der Waals surface area contributed by atoms with Crippen LogP contribution in [0.4, 0.5) is 11.4 Å². The minimum absolute atomic E-state index is 0.0987. The van der Waals surface area contributed by atoms with Crippen molar-refractivity contribution in [1.29, 1.82) is 0 Å². The second-order valence-electron chi connectivity index (χ2n) is 5.86. The van der Waals surface area contributed by atoms with Crippen LogP contribution in [0.2, 0.25) is 0 Å². The molecule has 1 N–H and O–H groups in total. The van der Waals surface area contributed by atoms with E-state index < -0.39 is 5.25 Å². The number of hydrogen-bond donors (Lipinski definition) is 1. The van der Waals surface area contributed by atoms with Crippen LogP contribution < -0.4 is 10.1 Å². The van der Waals surface area contributed by atoms with E-state index in [2.05, 4.69) is 32.9 Å². The lowest BCUT2D eigenvalue weighted by atomic mass is 10.2. The molecule has 6 nitrogen and oxygen atoms in total. The average molecular weight is 495 g/mol. The summed E-state index contributed by atoms with van der Waals surface area (Å²) in [5.74, 6) is 0.429. The van der Waals surface area contributed by atoms with Gasteiger partial charge in [-0.15, -0.1) is 0 Å². The Morgan fingerprint density at radius 2 is 1.89 bits per heavy atom. The molecule has 0 aromatic heterocycles. The van der Waals surface area contributed by atoms with Gasteiger partial charge >= 0.3 is 0 Å². The number of halogens is 1. The average Bonchev–Trinajstić information content (AvgIpc) is 2.92. The molecule has 3 rings (SSSR count). The summed E-state index contributed by atoms with van der Waals surface area (Å²) in [4.78, 5) is 30.8. The minimum Gasteiger partial charge on any atom is -0.497 e. The summed E-state index contributed by atoms with van der Waals surface area (Å²) >= 11 is 3.51. The normalized spacial score (nSPS) is 18.0. The number of nitrogens with zero attached hydrogens (tertiary/aromatic N) is 2. The standard InChI is InChI=1S/C19H18IN3O3S/c1-23-18(25)16(11-17(24)21-13-5-3-12(20)4-6-13)27-19(23)22-14-7-9-15(26-2)10-8-14/h3-10,16H,11H2,1-2H3,(H,21,24)/t16-/m0/s1. The van der Waals surface area contributed by atoms with Crippen molar-refractivity contribution in [3.05, 3.63) is 52.1 Å². The first-order valence-electron chi connectivity index (χ1n) is 8.18. The molecular weight excluding hydrogens is 477 g/mol. The lowest BCUT2D eigenvalue weighted by Crippen LogP contribution is -2.30. The zero-order valence-electron chi connectivity index (χ0n) is 14.8. The Kier molecular flexibility index (Phi) is 6.38. The second-order valence-corrected chi connectivity index (χ2v) is 8.27. The zero-order chi connectivity index (χ0) is 19.4. The van der Waals surface area contributed by atoms with E-state index in [1.807, 2.05) is 48.5 Å². The van der Waals surface area contributed by atoms with Gasteiger partial charge in [-0.25, -0.2) is 4.99 Å². The third-order valence-electron chi connectivity index (χ3n) is 3.94. The number of thioether (sulfide) groups is 1. The molecule has 0 unspecified atom stereocenters. The third-order valence-corrected chi connectivity index (χ3v) is 5.88. The zero-order valence-corrected chi connectivity index (χ0v) is 17.8. The van der Waals surface area contributed by atoms with E-state index in [4.69, 9.17) is 4.74 Å². The fourth-order valence-electron chi connectivity index (χ4n) is 2.48. The first-order chi connectivity index (χ1) is 13.0. The number of hydrogen-bond acceptors (Lipinski definition) is 5. The van der Waals surface area contributed by atoms with E-state index >= 15 is 0 Å². The van der Waals surface area contributed by atoms with Crippen molar-refractivity contribution in [2.24, 2.45) is 4.99 Å². The van der Waals surface area contributed by atoms with Gasteiger partial charge in [-0.3, -0.25) is 14.5 Å². The fraction of sp³-hybridized carbons (Fsp3) is 0.211. The largest absolute Gasteiger partial charge is 0.497 e. The van der Waals surface area contributed by atoms with Gasteiger partial charge in [0.05, 0.1) is 12.8 Å². The molecule has 1 heterocycles. The number of rotatable bonds is 5. The van der Waals surface area contributed by atoms with Gasteiger partial charge in [-0.1, -0.05) is 11.8 Å². The molecule has 1 saturated heterocycles. The number of nitrogens with one attached hydrogen (secondary N) is 1. The van der Waals surface area contributed by atoms with E-state index in [-0.39, 0.29) is 18.2 Å². The minimum atomic E-state index is -0.476. The Bertz CT molecular complexity index is 869. The summed E-state index contributed by atoms with van der Waals surface area (Å²) in [5.41, 5.74) is 1.44. The third kappa shape index (κ3) is 5.01. The predicted octanol–water partition coefficient (Wildman–Crippen LogP) is 3.89. The molecule has 1 aliphatic rings. The Labute approximate surface area is 175 Å². The molecule has 2 aromatic carbocycles. The van der Waals surface area contributed by atoms with Crippen molar-refractivity contribution in [1.82, 2.24) is 4.90 Å². The molecule has 1 atom stereocenters. The fourth-order valence-corrected chi connectivity index (χ4v) is 3.99. The molecule has 0 saturated carbocycles. The number of amidine groups is 1. The molecule has 0 spiro atoms. The summed E-state index contributed by atoms with van der Waals surface area (Å²) in [7, 11) is 3.28. The molecule has 2 aromatic rings. The van der Waals surface area contributed by atoms with Crippen LogP contribution in [-0.4, -0.2) is 41.3 Å². The summed E-state index contributed by atoms with van der Waals surface area (Å²) in [6, 6.07) is 14.8. The van der Waals surface area contributed by atoms with Crippen molar-refractivity contribution < 1.29 is 14.3 Å². The van der Waals surface area contributed by atoms with Crippen LogP contribution >= 0.6 is 34.4 Å². The maximum Gasteiger partial charge on any atom is 0.242 e. The van der Waals surface area contributed by atoms with E-state index in [9.17, 15) is 9.59 Å². The lowest BCUT2D eigenvalue weighted by Gasteiger charge is -2.09. The van der Waals surface area contributed by atoms with Gasteiger partial charge in [0.2, 0.25) is 11.8 Å². The molecule has 8 heteroatoms.